The molecule has 5 rings (SSSR count). The third kappa shape index (κ3) is 2.82. The summed E-state index contributed by atoms with van der Waals surface area (Å²) in [5, 5.41) is 23.1. The molecule has 31 heavy (non-hydrogen) atoms. The Kier molecular flexibility index (Phi) is 4.67. The summed E-state index contributed by atoms with van der Waals surface area (Å²) in [4.78, 5) is 16.4. The first-order valence-electron chi connectivity index (χ1n) is 9.82. The Morgan fingerprint density at radius 2 is 1.77 bits per heavy atom. The Labute approximate surface area is 189 Å². The van der Waals surface area contributed by atoms with E-state index in [2.05, 4.69) is 12.1 Å². The minimum Gasteiger partial charge on any atom is -0.351 e. The van der Waals surface area contributed by atoms with Gasteiger partial charge >= 0.3 is 0 Å². The fraction of sp³-hybridized carbons (Fsp3) is 0.160. The monoisotopic (exact) mass is 441 g/mol. The van der Waals surface area contributed by atoms with E-state index in [-0.39, 0.29) is 5.78 Å². The highest BCUT2D eigenvalue weighted by atomic mass is 35.5. The van der Waals surface area contributed by atoms with E-state index in [1.54, 1.807) is 18.2 Å². The maximum absolute atomic E-state index is 13.8. The molecule has 6 heteroatoms. The summed E-state index contributed by atoms with van der Waals surface area (Å²) >= 11 is 7.48. The van der Waals surface area contributed by atoms with E-state index in [1.807, 2.05) is 64.9 Å². The van der Waals surface area contributed by atoms with Crippen molar-refractivity contribution in [3.8, 4) is 12.1 Å². The number of fused-ring (bicyclic) bond motifs is 3. The third-order valence-corrected chi connectivity index (χ3v) is 7.31. The van der Waals surface area contributed by atoms with E-state index in [0.29, 0.717) is 9.90 Å². The molecule has 150 valence electrons. The normalized spacial score (nSPS) is 22.8. The van der Waals surface area contributed by atoms with E-state index in [4.69, 9.17) is 11.6 Å². The van der Waals surface area contributed by atoms with Crippen LogP contribution < -0.4 is 4.90 Å². The van der Waals surface area contributed by atoms with E-state index < -0.39 is 23.4 Å². The number of carbonyl (C=O) groups is 1. The molecule has 3 heterocycles. The smallest absolute Gasteiger partial charge is 0.195 e. The Bertz CT molecular complexity index is 1250. The van der Waals surface area contributed by atoms with Crippen LogP contribution in [-0.4, -0.2) is 17.9 Å². The van der Waals surface area contributed by atoms with Crippen LogP contribution in [0, 0.1) is 28.1 Å². The van der Waals surface area contributed by atoms with Gasteiger partial charge in [-0.05, 0) is 40.8 Å². The second-order valence-corrected chi connectivity index (χ2v) is 9.06. The highest BCUT2D eigenvalue weighted by Crippen LogP contribution is 2.55. The van der Waals surface area contributed by atoms with Gasteiger partial charge in [0.15, 0.2) is 11.2 Å². The molecule has 0 saturated carbocycles. The van der Waals surface area contributed by atoms with Crippen molar-refractivity contribution >= 4 is 40.5 Å². The first-order chi connectivity index (χ1) is 15.1. The van der Waals surface area contributed by atoms with Crippen LogP contribution in [0.1, 0.15) is 26.7 Å². The number of benzene rings is 2. The van der Waals surface area contributed by atoms with Crippen LogP contribution in [0.3, 0.4) is 0 Å². The maximum atomic E-state index is 13.8. The molecule has 0 radical (unpaired) electrons. The average Bonchev–Trinajstić information content (AvgIpc) is 3.44. The first kappa shape index (κ1) is 19.6. The summed E-state index contributed by atoms with van der Waals surface area (Å²) in [6, 6.07) is 21.9. The van der Waals surface area contributed by atoms with Crippen LogP contribution in [0.2, 0.25) is 5.02 Å². The van der Waals surface area contributed by atoms with Gasteiger partial charge in [0.2, 0.25) is 0 Å². The fourth-order valence-electron chi connectivity index (χ4n) is 4.84. The highest BCUT2D eigenvalue weighted by Gasteiger charge is 2.63. The van der Waals surface area contributed by atoms with Crippen molar-refractivity contribution in [3.63, 3.8) is 0 Å². The summed E-state index contributed by atoms with van der Waals surface area (Å²) in [5.74, 6) is -0.729. The number of carbonyl (C=O) groups excluding carboxylic acids is 1. The molecule has 1 saturated heterocycles. The van der Waals surface area contributed by atoms with Crippen molar-refractivity contribution in [1.82, 2.24) is 0 Å². The lowest BCUT2D eigenvalue weighted by atomic mass is 9.69. The van der Waals surface area contributed by atoms with Gasteiger partial charge in [-0.25, -0.2) is 0 Å². The topological polar surface area (TPSA) is 67.9 Å². The van der Waals surface area contributed by atoms with E-state index >= 15 is 0 Å². The lowest BCUT2D eigenvalue weighted by Crippen LogP contribution is -2.44. The number of nitriles is 2. The second kappa shape index (κ2) is 7.39. The number of thiophene rings is 1. The zero-order valence-corrected chi connectivity index (χ0v) is 17.8. The molecule has 0 bridgehead atoms. The van der Waals surface area contributed by atoms with Crippen LogP contribution in [0.4, 0.5) is 5.69 Å². The Balaban J connectivity index is 1.79. The molecule has 1 fully saturated rings. The van der Waals surface area contributed by atoms with Crippen molar-refractivity contribution in [3.05, 3.63) is 93.1 Å². The van der Waals surface area contributed by atoms with Gasteiger partial charge in [-0.15, -0.1) is 11.3 Å². The fourth-order valence-corrected chi connectivity index (χ4v) is 5.67. The minimum absolute atomic E-state index is 0.0857. The number of anilines is 1. The van der Waals surface area contributed by atoms with E-state index in [1.165, 1.54) is 11.3 Å². The molecule has 0 N–H and O–H groups in total. The standard InChI is InChI=1S/C25H16ClN3OS/c26-18-10-7-17(8-11-18)22-23(24(30)20-6-3-13-31-20)29-19-5-2-1-4-16(19)9-12-21(29)25(22,14-27)15-28/h1-13,21-23H/t21-,22-,23-/m1/s1. The lowest BCUT2D eigenvalue weighted by Gasteiger charge is -2.35. The number of halogens is 1. The van der Waals surface area contributed by atoms with Crippen molar-refractivity contribution in [2.75, 3.05) is 4.90 Å². The zero-order chi connectivity index (χ0) is 21.6. The number of hydrogen-bond donors (Lipinski definition) is 0. The Morgan fingerprint density at radius 3 is 2.45 bits per heavy atom. The van der Waals surface area contributed by atoms with Crippen molar-refractivity contribution in [2.45, 2.75) is 18.0 Å². The molecule has 1 aromatic heterocycles. The maximum Gasteiger partial charge on any atom is 0.195 e. The molecule has 4 nitrogen and oxygen atoms in total. The summed E-state index contributed by atoms with van der Waals surface area (Å²) < 4.78 is 0. The predicted molar refractivity (Wildman–Crippen MR) is 122 cm³/mol. The lowest BCUT2D eigenvalue weighted by molar-refractivity contribution is 0.0955. The highest BCUT2D eigenvalue weighted by molar-refractivity contribution is 7.12. The molecular formula is C25H16ClN3OS. The van der Waals surface area contributed by atoms with Gasteiger partial charge in [-0.2, -0.15) is 10.5 Å². The molecule has 2 aromatic carbocycles. The zero-order valence-electron chi connectivity index (χ0n) is 16.3. The summed E-state index contributed by atoms with van der Waals surface area (Å²) in [5.41, 5.74) is 1.14. The van der Waals surface area contributed by atoms with Gasteiger partial charge < -0.3 is 4.90 Å². The molecule has 0 spiro atoms. The SMILES string of the molecule is N#CC1(C#N)[C@H](c2ccc(Cl)cc2)[C@H](C(=O)c2cccs2)N2c3ccccc3C=C[C@@H]21. The third-order valence-electron chi connectivity index (χ3n) is 6.18. The van der Waals surface area contributed by atoms with Crippen LogP contribution in [0.15, 0.2) is 72.1 Å². The van der Waals surface area contributed by atoms with Gasteiger partial charge in [-0.3, -0.25) is 4.79 Å². The molecule has 2 aliphatic heterocycles. The van der Waals surface area contributed by atoms with Crippen LogP contribution in [0.5, 0.6) is 0 Å². The van der Waals surface area contributed by atoms with Gasteiger partial charge in [-0.1, -0.05) is 60.2 Å². The molecule has 2 aliphatic rings. The molecule has 0 unspecified atom stereocenters. The molecular weight excluding hydrogens is 426 g/mol. The molecule has 0 amide bonds. The summed E-state index contributed by atoms with van der Waals surface area (Å²) in [7, 11) is 0. The second-order valence-electron chi connectivity index (χ2n) is 7.68. The average molecular weight is 442 g/mol. The van der Waals surface area contributed by atoms with Crippen LogP contribution in [0.25, 0.3) is 6.08 Å². The number of nitrogens with zero attached hydrogens (tertiary/aromatic N) is 3. The number of hydrogen-bond acceptors (Lipinski definition) is 5. The number of para-hydroxylation sites is 1. The van der Waals surface area contributed by atoms with Gasteiger partial charge in [0, 0.05) is 16.6 Å². The quantitative estimate of drug-likeness (QED) is 0.490. The number of rotatable bonds is 3. The molecule has 3 aromatic rings. The van der Waals surface area contributed by atoms with Gasteiger partial charge in [0.25, 0.3) is 0 Å². The Morgan fingerprint density at radius 1 is 1.03 bits per heavy atom. The van der Waals surface area contributed by atoms with Gasteiger partial charge in [0.1, 0.15) is 6.04 Å². The van der Waals surface area contributed by atoms with Crippen molar-refractivity contribution < 1.29 is 4.79 Å². The largest absolute Gasteiger partial charge is 0.351 e. The number of ketones is 1. The van der Waals surface area contributed by atoms with E-state index in [9.17, 15) is 15.3 Å². The first-order valence-corrected chi connectivity index (χ1v) is 11.1. The molecule has 0 aliphatic carbocycles. The predicted octanol–water partition coefficient (Wildman–Crippen LogP) is 5.69. The van der Waals surface area contributed by atoms with Crippen molar-refractivity contribution in [1.29, 1.82) is 10.5 Å². The minimum atomic E-state index is -1.44. The van der Waals surface area contributed by atoms with Crippen LogP contribution in [-0.2, 0) is 0 Å². The van der Waals surface area contributed by atoms with Gasteiger partial charge in [0.05, 0.1) is 23.1 Å². The number of Topliss-reactive ketones (excluding diaryl/α,β-unsaturated/α-hetero) is 1. The Hall–Kier alpha value is -3.38. The molecule has 3 atom stereocenters. The summed E-state index contributed by atoms with van der Waals surface area (Å²) in [6.45, 7) is 0. The summed E-state index contributed by atoms with van der Waals surface area (Å²) in [6.07, 6.45) is 3.83. The van der Waals surface area contributed by atoms with Crippen molar-refractivity contribution in [2.24, 2.45) is 5.41 Å². The van der Waals surface area contributed by atoms with Crippen LogP contribution >= 0.6 is 22.9 Å². The van der Waals surface area contributed by atoms with E-state index in [0.717, 1.165) is 16.8 Å².